The molecule has 4 aromatic rings. The van der Waals surface area contributed by atoms with Gasteiger partial charge in [-0.25, -0.2) is 9.59 Å². The van der Waals surface area contributed by atoms with Crippen LogP contribution in [0.15, 0.2) is 97.2 Å². The van der Waals surface area contributed by atoms with Crippen LogP contribution >= 0.6 is 0 Å². The molecule has 0 atom stereocenters. The predicted molar refractivity (Wildman–Crippen MR) is 189 cm³/mol. The van der Waals surface area contributed by atoms with Crippen molar-refractivity contribution in [2.24, 2.45) is 7.05 Å². The smallest absolute Gasteiger partial charge is 0.410 e. The van der Waals surface area contributed by atoms with E-state index >= 15 is 0 Å². The summed E-state index contributed by atoms with van der Waals surface area (Å²) in [6, 6.07) is 31.0. The fourth-order valence-corrected chi connectivity index (χ4v) is 5.47. The molecule has 5 N–H and O–H groups in total. The molecule has 0 spiro atoms. The van der Waals surface area contributed by atoms with Gasteiger partial charge in [-0.3, -0.25) is 20.6 Å². The van der Waals surface area contributed by atoms with Gasteiger partial charge < -0.3 is 20.1 Å². The van der Waals surface area contributed by atoms with E-state index in [9.17, 15) is 9.59 Å². The summed E-state index contributed by atoms with van der Waals surface area (Å²) in [7, 11) is 1.73. The Labute approximate surface area is 283 Å². The van der Waals surface area contributed by atoms with Crippen LogP contribution in [0.5, 0.6) is 0 Å². The second-order valence-electron chi connectivity index (χ2n) is 13.6. The van der Waals surface area contributed by atoms with Crippen LogP contribution in [0.1, 0.15) is 64.7 Å². The maximum Gasteiger partial charge on any atom is 0.410 e. The molecule has 3 aromatic carbocycles. The minimum absolute atomic E-state index is 0.355. The summed E-state index contributed by atoms with van der Waals surface area (Å²) in [4.78, 5) is 27.9. The Bertz CT molecular complexity index is 1490. The van der Waals surface area contributed by atoms with Crippen molar-refractivity contribution in [1.29, 1.82) is 0 Å². The van der Waals surface area contributed by atoms with Gasteiger partial charge in [0.25, 0.3) is 0 Å². The van der Waals surface area contributed by atoms with E-state index in [2.05, 4.69) is 57.4 Å². The van der Waals surface area contributed by atoms with Gasteiger partial charge in [-0.1, -0.05) is 91.0 Å². The summed E-state index contributed by atoms with van der Waals surface area (Å²) in [5, 5.41) is 13.8. The molecule has 11 nitrogen and oxygen atoms in total. The first-order chi connectivity index (χ1) is 22.7. The molecule has 4 rings (SSSR count). The number of nitrogen functional groups attached to an aromatic ring is 1. The fourth-order valence-electron chi connectivity index (χ4n) is 5.47. The minimum atomic E-state index is -1.08. The molecule has 0 saturated carbocycles. The maximum absolute atomic E-state index is 13.1. The number of anilines is 2. The monoisotopic (exact) mass is 655 g/mol. The van der Waals surface area contributed by atoms with Gasteiger partial charge in [-0.05, 0) is 71.2 Å². The van der Waals surface area contributed by atoms with Crippen LogP contribution in [0.2, 0.25) is 0 Å². The number of carbonyl (C=O) groups excluding carboxylic acids is 2. The number of hydrogen-bond donors (Lipinski definition) is 4. The van der Waals surface area contributed by atoms with Gasteiger partial charge >= 0.3 is 12.2 Å². The zero-order valence-electron chi connectivity index (χ0n) is 29.0. The average Bonchev–Trinajstić information content (AvgIpc) is 3.35. The number of aromatic nitrogens is 2. The number of ether oxygens (including phenoxy) is 2. The molecule has 0 aliphatic carbocycles. The molecule has 0 radical (unpaired) electrons. The highest BCUT2D eigenvalue weighted by Crippen LogP contribution is 2.36. The van der Waals surface area contributed by atoms with Gasteiger partial charge in [-0.2, -0.15) is 5.10 Å². The highest BCUT2D eigenvalue weighted by Gasteiger charge is 2.36. The number of alkyl carbamates (subject to hydrolysis) is 2. The van der Waals surface area contributed by atoms with Gasteiger partial charge in [0, 0.05) is 13.6 Å². The zero-order valence-corrected chi connectivity index (χ0v) is 29.0. The Kier molecular flexibility index (Phi) is 11.4. The molecule has 0 aliphatic rings. The Hall–Kier alpha value is -5.03. The van der Waals surface area contributed by atoms with Crippen LogP contribution in [-0.4, -0.2) is 52.5 Å². The Balaban J connectivity index is 1.68. The number of hydrogen-bond acceptors (Lipinski definition) is 8. The first kappa shape index (κ1) is 35.8. The molecule has 48 heavy (non-hydrogen) atoms. The van der Waals surface area contributed by atoms with Crippen molar-refractivity contribution >= 4 is 23.7 Å². The average molecular weight is 656 g/mol. The third kappa shape index (κ3) is 9.28. The summed E-state index contributed by atoms with van der Waals surface area (Å²) in [6.07, 6.45) is -0.338. The lowest BCUT2D eigenvalue weighted by Gasteiger charge is -2.38. The van der Waals surface area contributed by atoms with Crippen LogP contribution in [-0.2, 0) is 22.1 Å². The summed E-state index contributed by atoms with van der Waals surface area (Å²) in [5.41, 5.74) is 8.06. The molecule has 0 aliphatic heterocycles. The molecule has 0 fully saturated rings. The lowest BCUT2D eigenvalue weighted by molar-refractivity contribution is 0.0423. The SMILES string of the molecule is Cn1ncc(N(CCCNC(c2ccccc2)(c2ccccc2)c2ccccc2)C(NC(=O)OC(C)(C)C)NC(=O)OC(C)(C)C)c1N. The summed E-state index contributed by atoms with van der Waals surface area (Å²) < 4.78 is 12.6. The molecule has 0 bridgehead atoms. The zero-order chi connectivity index (χ0) is 35.0. The number of aryl methyl sites for hydroxylation is 1. The molecule has 1 heterocycles. The van der Waals surface area contributed by atoms with Gasteiger partial charge in [0.2, 0.25) is 0 Å². The van der Waals surface area contributed by atoms with Crippen LogP contribution in [0.4, 0.5) is 21.1 Å². The number of benzene rings is 3. The topological polar surface area (TPSA) is 136 Å². The van der Waals surface area contributed by atoms with Gasteiger partial charge in [0.15, 0.2) is 6.29 Å². The molecular weight excluding hydrogens is 606 g/mol. The maximum atomic E-state index is 13.1. The van der Waals surface area contributed by atoms with E-state index < -0.39 is 35.2 Å². The first-order valence-corrected chi connectivity index (χ1v) is 16.1. The van der Waals surface area contributed by atoms with Crippen LogP contribution < -0.4 is 26.6 Å². The molecule has 256 valence electrons. The Morgan fingerprint density at radius 3 is 1.54 bits per heavy atom. The van der Waals surface area contributed by atoms with Gasteiger partial charge in [-0.15, -0.1) is 0 Å². The Morgan fingerprint density at radius 1 is 0.771 bits per heavy atom. The normalized spacial score (nSPS) is 12.0. The highest BCUT2D eigenvalue weighted by atomic mass is 16.6. The second kappa shape index (κ2) is 15.2. The van der Waals surface area contributed by atoms with E-state index in [1.54, 1.807) is 59.7 Å². The standard InChI is InChI=1S/C37H49N7O4/c1-35(2,3)47-33(45)41-32(42-34(46)48-36(4,5)6)44(30-26-40-43(7)31(30)38)25-17-24-39-37(27-18-11-8-12-19-27,28-20-13-9-14-21-28)29-22-15-10-16-23-29/h8-16,18-23,26,32,39H,17,24-25,38H2,1-7H3,(H,41,45)(H,42,46). The number of rotatable bonds is 12. The van der Waals surface area contributed by atoms with Crippen molar-refractivity contribution < 1.29 is 19.1 Å². The van der Waals surface area contributed by atoms with E-state index in [0.29, 0.717) is 31.0 Å². The molecule has 0 saturated heterocycles. The Morgan fingerprint density at radius 2 is 1.19 bits per heavy atom. The number of nitrogens with two attached hydrogens (primary N) is 1. The number of amides is 2. The van der Waals surface area contributed by atoms with Crippen LogP contribution in [0.25, 0.3) is 0 Å². The van der Waals surface area contributed by atoms with Crippen molar-refractivity contribution in [3.63, 3.8) is 0 Å². The molecule has 2 amide bonds. The molecule has 11 heteroatoms. The lowest BCUT2D eigenvalue weighted by atomic mass is 9.77. The molecular formula is C37H49N7O4. The van der Waals surface area contributed by atoms with Crippen LogP contribution in [0, 0.1) is 0 Å². The number of nitrogens with one attached hydrogen (secondary N) is 3. The lowest BCUT2D eigenvalue weighted by Crippen LogP contribution is -2.60. The quantitative estimate of drug-likeness (QED) is 0.0816. The number of nitrogens with zero attached hydrogens (tertiary/aromatic N) is 3. The predicted octanol–water partition coefficient (Wildman–Crippen LogP) is 6.11. The number of carbonyl (C=O) groups is 2. The van der Waals surface area contributed by atoms with Crippen molar-refractivity contribution in [3.8, 4) is 0 Å². The first-order valence-electron chi connectivity index (χ1n) is 16.1. The van der Waals surface area contributed by atoms with Crippen LogP contribution in [0.3, 0.4) is 0 Å². The third-order valence-electron chi connectivity index (χ3n) is 7.48. The van der Waals surface area contributed by atoms with Crippen molar-refractivity contribution in [2.75, 3.05) is 23.7 Å². The largest absolute Gasteiger partial charge is 0.444 e. The van der Waals surface area contributed by atoms with E-state index in [1.165, 1.54) is 4.68 Å². The van der Waals surface area contributed by atoms with Crippen molar-refractivity contribution in [1.82, 2.24) is 25.7 Å². The highest BCUT2D eigenvalue weighted by molar-refractivity contribution is 5.74. The van der Waals surface area contributed by atoms with E-state index in [0.717, 1.165) is 16.7 Å². The van der Waals surface area contributed by atoms with Crippen molar-refractivity contribution in [2.45, 2.75) is 71.0 Å². The van der Waals surface area contributed by atoms with Gasteiger partial charge in [0.1, 0.15) is 22.7 Å². The van der Waals surface area contributed by atoms with Gasteiger partial charge in [0.05, 0.1) is 11.7 Å². The van der Waals surface area contributed by atoms with E-state index in [4.69, 9.17) is 15.2 Å². The summed E-state index contributed by atoms with van der Waals surface area (Å²) in [6.45, 7) is 11.5. The minimum Gasteiger partial charge on any atom is -0.444 e. The summed E-state index contributed by atoms with van der Waals surface area (Å²) >= 11 is 0. The molecule has 0 unspecified atom stereocenters. The fraction of sp³-hybridized carbons (Fsp3) is 0.378. The van der Waals surface area contributed by atoms with E-state index in [1.807, 2.05) is 54.6 Å². The van der Waals surface area contributed by atoms with E-state index in [-0.39, 0.29) is 0 Å². The van der Waals surface area contributed by atoms with Crippen molar-refractivity contribution in [3.05, 3.63) is 114 Å². The molecule has 1 aromatic heterocycles. The third-order valence-corrected chi connectivity index (χ3v) is 7.48. The summed E-state index contributed by atoms with van der Waals surface area (Å²) in [5.74, 6) is 0.358. The second-order valence-corrected chi connectivity index (χ2v) is 13.6.